The molecule has 0 aliphatic carbocycles. The standard InChI is InChI=1S/C38H22N4O2/c1-3-11-24(12-4-1)35-40-36(27-19-18-23-10-7-8-15-26(23)20-27)42-37(41-35)29-17-9-16-28-30-21-33-31(22-32(30)43-34(28)29)39-38(44-33)25-13-5-2-6-14-25/h1-22H. The Morgan fingerprint density at radius 1 is 0.409 bits per heavy atom. The van der Waals surface area contributed by atoms with Crippen LogP contribution in [0.25, 0.3) is 89.4 Å². The van der Waals surface area contributed by atoms with Crippen LogP contribution in [0, 0.1) is 0 Å². The fourth-order valence-corrected chi connectivity index (χ4v) is 5.77. The van der Waals surface area contributed by atoms with E-state index in [9.17, 15) is 0 Å². The number of oxazole rings is 1. The highest BCUT2D eigenvalue weighted by molar-refractivity contribution is 6.12. The van der Waals surface area contributed by atoms with Crippen LogP contribution >= 0.6 is 0 Å². The van der Waals surface area contributed by atoms with Gasteiger partial charge in [-0.1, -0.05) is 97.1 Å². The summed E-state index contributed by atoms with van der Waals surface area (Å²) in [5, 5.41) is 4.18. The second-order valence-corrected chi connectivity index (χ2v) is 10.7. The molecule has 0 radical (unpaired) electrons. The number of para-hydroxylation sites is 1. The molecular formula is C38H22N4O2. The number of hydrogen-bond donors (Lipinski definition) is 0. The molecule has 6 nitrogen and oxygen atoms in total. The lowest BCUT2D eigenvalue weighted by atomic mass is 10.1. The Morgan fingerprint density at radius 2 is 1.11 bits per heavy atom. The molecular weight excluding hydrogens is 544 g/mol. The highest BCUT2D eigenvalue weighted by Crippen LogP contribution is 2.38. The first-order valence-corrected chi connectivity index (χ1v) is 14.4. The monoisotopic (exact) mass is 566 g/mol. The number of nitrogens with zero attached hydrogens (tertiary/aromatic N) is 4. The summed E-state index contributed by atoms with van der Waals surface area (Å²) in [5.41, 5.74) is 6.41. The first kappa shape index (κ1) is 24.5. The van der Waals surface area contributed by atoms with Gasteiger partial charge in [0.1, 0.15) is 16.7 Å². The van der Waals surface area contributed by atoms with Gasteiger partial charge in [-0.15, -0.1) is 0 Å². The Kier molecular flexibility index (Phi) is 5.40. The molecule has 0 saturated carbocycles. The quantitative estimate of drug-likeness (QED) is 0.211. The SMILES string of the molecule is c1ccc(-c2nc(-c3ccc4ccccc4c3)nc(-c3cccc4c3oc3cc5nc(-c6ccccc6)oc5cc34)n2)cc1. The van der Waals surface area contributed by atoms with Gasteiger partial charge in [0, 0.05) is 33.5 Å². The molecule has 6 heteroatoms. The summed E-state index contributed by atoms with van der Waals surface area (Å²) >= 11 is 0. The molecule has 0 N–H and O–H groups in total. The minimum absolute atomic E-state index is 0.542. The summed E-state index contributed by atoms with van der Waals surface area (Å²) in [6.45, 7) is 0. The van der Waals surface area contributed by atoms with Crippen molar-refractivity contribution in [3.63, 3.8) is 0 Å². The molecule has 0 aliphatic heterocycles. The van der Waals surface area contributed by atoms with Gasteiger partial charge < -0.3 is 8.83 Å². The molecule has 9 aromatic rings. The van der Waals surface area contributed by atoms with Gasteiger partial charge in [0.15, 0.2) is 23.1 Å². The van der Waals surface area contributed by atoms with Crippen LogP contribution in [0.2, 0.25) is 0 Å². The van der Waals surface area contributed by atoms with E-state index in [0.717, 1.165) is 54.9 Å². The Balaban J connectivity index is 1.23. The normalized spacial score (nSPS) is 11.6. The van der Waals surface area contributed by atoms with E-state index in [4.69, 9.17) is 28.8 Å². The molecule has 0 aliphatic rings. The lowest BCUT2D eigenvalue weighted by Gasteiger charge is -2.09. The average Bonchev–Trinajstić information content (AvgIpc) is 3.68. The summed E-state index contributed by atoms with van der Waals surface area (Å²) < 4.78 is 12.7. The average molecular weight is 567 g/mol. The minimum Gasteiger partial charge on any atom is -0.455 e. The van der Waals surface area contributed by atoms with Crippen LogP contribution in [-0.2, 0) is 0 Å². The Morgan fingerprint density at radius 3 is 1.93 bits per heavy atom. The van der Waals surface area contributed by atoms with E-state index in [2.05, 4.69) is 36.4 Å². The van der Waals surface area contributed by atoms with Crippen molar-refractivity contribution in [1.29, 1.82) is 0 Å². The van der Waals surface area contributed by atoms with Crippen molar-refractivity contribution in [3.8, 4) is 45.6 Å². The lowest BCUT2D eigenvalue weighted by molar-refractivity contribution is 0.620. The van der Waals surface area contributed by atoms with Gasteiger partial charge in [0.05, 0.1) is 5.56 Å². The van der Waals surface area contributed by atoms with Crippen molar-refractivity contribution in [2.45, 2.75) is 0 Å². The Labute approximate surface area is 251 Å². The minimum atomic E-state index is 0.542. The van der Waals surface area contributed by atoms with Gasteiger partial charge in [-0.05, 0) is 41.1 Å². The molecule has 3 heterocycles. The summed E-state index contributed by atoms with van der Waals surface area (Å²) in [5.74, 6) is 2.32. The second kappa shape index (κ2) is 9.71. The van der Waals surface area contributed by atoms with Crippen molar-refractivity contribution in [2.24, 2.45) is 0 Å². The Bertz CT molecular complexity index is 2500. The zero-order valence-corrected chi connectivity index (χ0v) is 23.3. The maximum Gasteiger partial charge on any atom is 0.227 e. The third-order valence-electron chi connectivity index (χ3n) is 7.94. The molecule has 6 aromatic carbocycles. The van der Waals surface area contributed by atoms with Crippen LogP contribution in [0.15, 0.2) is 142 Å². The van der Waals surface area contributed by atoms with Gasteiger partial charge >= 0.3 is 0 Å². The number of furan rings is 1. The van der Waals surface area contributed by atoms with E-state index in [1.54, 1.807) is 0 Å². The molecule has 0 amide bonds. The molecule has 3 aromatic heterocycles. The molecule has 0 saturated heterocycles. The summed E-state index contributed by atoms with van der Waals surface area (Å²) in [6, 6.07) is 44.4. The van der Waals surface area contributed by atoms with Crippen molar-refractivity contribution in [1.82, 2.24) is 19.9 Å². The molecule has 0 bridgehead atoms. The molecule has 0 atom stereocenters. The van der Waals surface area contributed by atoms with Gasteiger partial charge in [0.2, 0.25) is 5.89 Å². The highest BCUT2D eigenvalue weighted by atomic mass is 16.4. The summed E-state index contributed by atoms with van der Waals surface area (Å²) in [7, 11) is 0. The first-order valence-electron chi connectivity index (χ1n) is 14.4. The molecule has 44 heavy (non-hydrogen) atoms. The fourth-order valence-electron chi connectivity index (χ4n) is 5.77. The highest BCUT2D eigenvalue weighted by Gasteiger charge is 2.19. The van der Waals surface area contributed by atoms with E-state index in [-0.39, 0.29) is 0 Å². The third kappa shape index (κ3) is 4.04. The van der Waals surface area contributed by atoms with Crippen molar-refractivity contribution >= 4 is 43.8 Å². The number of rotatable bonds is 4. The van der Waals surface area contributed by atoms with Gasteiger partial charge in [-0.25, -0.2) is 19.9 Å². The van der Waals surface area contributed by atoms with E-state index < -0.39 is 0 Å². The van der Waals surface area contributed by atoms with Gasteiger partial charge in [-0.2, -0.15) is 0 Å². The fraction of sp³-hybridized carbons (Fsp3) is 0. The van der Waals surface area contributed by atoms with Crippen LogP contribution < -0.4 is 0 Å². The maximum absolute atomic E-state index is 6.53. The predicted molar refractivity (Wildman–Crippen MR) is 174 cm³/mol. The predicted octanol–water partition coefficient (Wildman–Crippen LogP) is 9.73. The number of fused-ring (bicyclic) bond motifs is 5. The maximum atomic E-state index is 6.53. The largest absolute Gasteiger partial charge is 0.455 e. The van der Waals surface area contributed by atoms with Crippen molar-refractivity contribution in [2.75, 3.05) is 0 Å². The topological polar surface area (TPSA) is 77.8 Å². The zero-order valence-electron chi connectivity index (χ0n) is 23.3. The van der Waals surface area contributed by atoms with Crippen LogP contribution in [-0.4, -0.2) is 19.9 Å². The van der Waals surface area contributed by atoms with Crippen LogP contribution in [0.4, 0.5) is 0 Å². The molecule has 206 valence electrons. The second-order valence-electron chi connectivity index (χ2n) is 10.7. The van der Waals surface area contributed by atoms with E-state index in [0.29, 0.717) is 34.5 Å². The smallest absolute Gasteiger partial charge is 0.227 e. The Hall–Kier alpha value is -6.14. The van der Waals surface area contributed by atoms with E-state index in [1.807, 2.05) is 97.1 Å². The molecule has 9 rings (SSSR count). The summed E-state index contributed by atoms with van der Waals surface area (Å²) in [4.78, 5) is 19.6. The van der Waals surface area contributed by atoms with E-state index in [1.165, 1.54) is 0 Å². The van der Waals surface area contributed by atoms with Crippen LogP contribution in [0.1, 0.15) is 0 Å². The lowest BCUT2D eigenvalue weighted by Crippen LogP contribution is -2.00. The van der Waals surface area contributed by atoms with Crippen molar-refractivity contribution < 1.29 is 8.83 Å². The third-order valence-corrected chi connectivity index (χ3v) is 7.94. The van der Waals surface area contributed by atoms with Gasteiger partial charge in [0.25, 0.3) is 0 Å². The summed E-state index contributed by atoms with van der Waals surface area (Å²) in [6.07, 6.45) is 0. The van der Waals surface area contributed by atoms with E-state index >= 15 is 0 Å². The number of hydrogen-bond acceptors (Lipinski definition) is 6. The van der Waals surface area contributed by atoms with Crippen molar-refractivity contribution in [3.05, 3.63) is 133 Å². The molecule has 0 unspecified atom stereocenters. The zero-order chi connectivity index (χ0) is 29.0. The van der Waals surface area contributed by atoms with Crippen LogP contribution in [0.3, 0.4) is 0 Å². The molecule has 0 spiro atoms. The number of aromatic nitrogens is 4. The van der Waals surface area contributed by atoms with Crippen LogP contribution in [0.5, 0.6) is 0 Å². The van der Waals surface area contributed by atoms with Gasteiger partial charge in [-0.3, -0.25) is 0 Å². The first-order chi connectivity index (χ1) is 21.8. The molecule has 0 fully saturated rings. The number of benzene rings is 6.